The van der Waals surface area contributed by atoms with Crippen molar-refractivity contribution >= 4 is 16.7 Å². The van der Waals surface area contributed by atoms with Crippen molar-refractivity contribution in [1.29, 1.82) is 0 Å². The number of aromatic nitrogens is 4. The second-order valence-electron chi connectivity index (χ2n) is 5.76. The van der Waals surface area contributed by atoms with Crippen molar-refractivity contribution in [2.75, 3.05) is 5.32 Å². The normalized spacial score (nSPS) is 11.0. The second kappa shape index (κ2) is 7.12. The largest absolute Gasteiger partial charge is 0.491 e. The summed E-state index contributed by atoms with van der Waals surface area (Å²) in [5, 5.41) is 17.3. The Morgan fingerprint density at radius 3 is 2.88 bits per heavy atom. The Morgan fingerprint density at radius 1 is 1.25 bits per heavy atom. The highest BCUT2D eigenvalue weighted by molar-refractivity contribution is 5.88. The highest BCUT2D eigenvalue weighted by atomic mass is 16.5. The second-order valence-corrected chi connectivity index (χ2v) is 5.76. The molecule has 0 saturated carbocycles. The summed E-state index contributed by atoms with van der Waals surface area (Å²) in [5.41, 5.74) is 1.09. The first kappa shape index (κ1) is 16.0. The maximum atomic E-state index is 5.99. The van der Waals surface area contributed by atoms with Crippen LogP contribution in [-0.4, -0.2) is 26.3 Å². The highest BCUT2D eigenvalue weighted by Crippen LogP contribution is 2.29. The minimum Gasteiger partial charge on any atom is -0.491 e. The van der Waals surface area contributed by atoms with Crippen molar-refractivity contribution in [2.45, 2.75) is 33.0 Å². The molecule has 0 saturated heterocycles. The number of anilines is 1. The summed E-state index contributed by atoms with van der Waals surface area (Å²) in [6.45, 7) is 8.89. The number of rotatable bonds is 7. The molecule has 6 heteroatoms. The summed E-state index contributed by atoms with van der Waals surface area (Å²) >= 11 is 0. The predicted octanol–water partition coefficient (Wildman–Crippen LogP) is 3.41. The van der Waals surface area contributed by atoms with Gasteiger partial charge in [-0.15, -0.1) is 6.58 Å². The topological polar surface area (TPSA) is 64.9 Å². The van der Waals surface area contributed by atoms with Crippen LogP contribution in [-0.2, 0) is 13.1 Å². The summed E-state index contributed by atoms with van der Waals surface area (Å²) in [7, 11) is 0. The van der Waals surface area contributed by atoms with Gasteiger partial charge in [-0.2, -0.15) is 0 Å². The fourth-order valence-corrected chi connectivity index (χ4v) is 2.61. The van der Waals surface area contributed by atoms with E-state index in [-0.39, 0.29) is 6.10 Å². The van der Waals surface area contributed by atoms with E-state index in [9.17, 15) is 0 Å². The Bertz CT molecular complexity index is 840. The van der Waals surface area contributed by atoms with E-state index >= 15 is 0 Å². The van der Waals surface area contributed by atoms with Crippen LogP contribution >= 0.6 is 0 Å². The minimum absolute atomic E-state index is 0.107. The third-order valence-electron chi connectivity index (χ3n) is 3.62. The standard InChI is InChI=1S/C18H21N5O/c1-4-11-23-18(20-21-22-23)19-12-16-15-8-6-5-7-14(15)9-10-17(16)24-13(2)3/h4-10,13H,1,11-12H2,2-3H3,(H,19,20,22). The lowest BCUT2D eigenvalue weighted by molar-refractivity contribution is 0.240. The van der Waals surface area contributed by atoms with Crippen molar-refractivity contribution in [1.82, 2.24) is 20.2 Å². The van der Waals surface area contributed by atoms with Gasteiger partial charge < -0.3 is 10.1 Å². The SMILES string of the molecule is C=CCn1nnnc1NCc1c(OC(C)C)ccc2ccccc12. The molecule has 3 aromatic rings. The molecule has 0 fully saturated rings. The van der Waals surface area contributed by atoms with Gasteiger partial charge in [0.05, 0.1) is 12.6 Å². The number of ether oxygens (including phenoxy) is 1. The molecule has 1 aromatic heterocycles. The van der Waals surface area contributed by atoms with E-state index in [0.717, 1.165) is 16.7 Å². The van der Waals surface area contributed by atoms with E-state index in [1.807, 2.05) is 32.0 Å². The van der Waals surface area contributed by atoms with Crippen LogP contribution in [0.5, 0.6) is 5.75 Å². The highest BCUT2D eigenvalue weighted by Gasteiger charge is 2.12. The third kappa shape index (κ3) is 3.37. The Labute approximate surface area is 141 Å². The van der Waals surface area contributed by atoms with Crippen molar-refractivity contribution in [2.24, 2.45) is 0 Å². The van der Waals surface area contributed by atoms with E-state index < -0.39 is 0 Å². The number of allylic oxidation sites excluding steroid dienone is 1. The summed E-state index contributed by atoms with van der Waals surface area (Å²) in [4.78, 5) is 0. The number of hydrogen-bond acceptors (Lipinski definition) is 5. The van der Waals surface area contributed by atoms with E-state index in [1.165, 1.54) is 5.39 Å². The zero-order valence-electron chi connectivity index (χ0n) is 13.9. The molecular formula is C18H21N5O. The number of fused-ring (bicyclic) bond motifs is 1. The van der Waals surface area contributed by atoms with Gasteiger partial charge in [-0.05, 0) is 41.1 Å². The molecule has 124 valence electrons. The van der Waals surface area contributed by atoms with Gasteiger partial charge in [-0.3, -0.25) is 0 Å². The Balaban J connectivity index is 1.94. The van der Waals surface area contributed by atoms with Crippen LogP contribution in [0, 0.1) is 0 Å². The predicted molar refractivity (Wildman–Crippen MR) is 95.1 cm³/mol. The molecule has 0 aliphatic rings. The molecule has 0 bridgehead atoms. The molecule has 3 rings (SSSR count). The number of tetrazole rings is 1. The maximum absolute atomic E-state index is 5.99. The van der Waals surface area contributed by atoms with Gasteiger partial charge in [0, 0.05) is 12.1 Å². The number of nitrogens with zero attached hydrogens (tertiary/aromatic N) is 4. The molecule has 0 aliphatic carbocycles. The molecule has 1 heterocycles. The smallest absolute Gasteiger partial charge is 0.243 e. The van der Waals surface area contributed by atoms with Gasteiger partial charge in [0.2, 0.25) is 5.95 Å². The first-order chi connectivity index (χ1) is 11.7. The molecule has 0 radical (unpaired) electrons. The molecule has 0 atom stereocenters. The minimum atomic E-state index is 0.107. The first-order valence-electron chi connectivity index (χ1n) is 7.97. The van der Waals surface area contributed by atoms with Crippen LogP contribution in [0.2, 0.25) is 0 Å². The van der Waals surface area contributed by atoms with E-state index in [1.54, 1.807) is 10.8 Å². The zero-order chi connectivity index (χ0) is 16.9. The van der Waals surface area contributed by atoms with E-state index in [0.29, 0.717) is 19.0 Å². The Hall–Kier alpha value is -2.89. The lowest BCUT2D eigenvalue weighted by atomic mass is 10.0. The van der Waals surface area contributed by atoms with Gasteiger partial charge in [0.1, 0.15) is 5.75 Å². The molecule has 2 aromatic carbocycles. The summed E-state index contributed by atoms with van der Waals surface area (Å²) in [6.07, 6.45) is 1.86. The van der Waals surface area contributed by atoms with Gasteiger partial charge >= 0.3 is 0 Å². The number of benzene rings is 2. The number of nitrogens with one attached hydrogen (secondary N) is 1. The van der Waals surface area contributed by atoms with Gasteiger partial charge in [0.25, 0.3) is 0 Å². The average Bonchev–Trinajstić information content (AvgIpc) is 3.01. The fourth-order valence-electron chi connectivity index (χ4n) is 2.61. The lowest BCUT2D eigenvalue weighted by Crippen LogP contribution is -2.12. The van der Waals surface area contributed by atoms with E-state index in [2.05, 4.69) is 45.6 Å². The van der Waals surface area contributed by atoms with Crippen LogP contribution in [0.1, 0.15) is 19.4 Å². The monoisotopic (exact) mass is 323 g/mol. The summed E-state index contributed by atoms with van der Waals surface area (Å²) in [6, 6.07) is 12.4. The van der Waals surface area contributed by atoms with Gasteiger partial charge in [0.15, 0.2) is 0 Å². The van der Waals surface area contributed by atoms with Crippen molar-refractivity contribution in [3.8, 4) is 5.75 Å². The van der Waals surface area contributed by atoms with Crippen LogP contribution in [0.4, 0.5) is 5.95 Å². The zero-order valence-corrected chi connectivity index (χ0v) is 13.9. The van der Waals surface area contributed by atoms with Crippen LogP contribution < -0.4 is 10.1 Å². The molecule has 0 amide bonds. The number of hydrogen-bond donors (Lipinski definition) is 1. The van der Waals surface area contributed by atoms with Crippen molar-refractivity contribution < 1.29 is 4.74 Å². The Kier molecular flexibility index (Phi) is 4.74. The van der Waals surface area contributed by atoms with Gasteiger partial charge in [-0.25, -0.2) is 4.68 Å². The van der Waals surface area contributed by atoms with Crippen LogP contribution in [0.15, 0.2) is 49.1 Å². The quantitative estimate of drug-likeness (QED) is 0.675. The summed E-state index contributed by atoms with van der Waals surface area (Å²) < 4.78 is 7.65. The molecule has 0 unspecified atom stereocenters. The molecule has 0 spiro atoms. The van der Waals surface area contributed by atoms with Crippen molar-refractivity contribution in [3.05, 3.63) is 54.6 Å². The summed E-state index contributed by atoms with van der Waals surface area (Å²) in [5.74, 6) is 1.48. The van der Waals surface area contributed by atoms with Crippen molar-refractivity contribution in [3.63, 3.8) is 0 Å². The van der Waals surface area contributed by atoms with E-state index in [4.69, 9.17) is 4.74 Å². The molecule has 6 nitrogen and oxygen atoms in total. The van der Waals surface area contributed by atoms with Crippen LogP contribution in [0.25, 0.3) is 10.8 Å². The van der Waals surface area contributed by atoms with Crippen LogP contribution in [0.3, 0.4) is 0 Å². The third-order valence-corrected chi connectivity index (χ3v) is 3.62. The maximum Gasteiger partial charge on any atom is 0.243 e. The fraction of sp³-hybridized carbons (Fsp3) is 0.278. The molecule has 24 heavy (non-hydrogen) atoms. The Morgan fingerprint density at radius 2 is 2.08 bits per heavy atom. The average molecular weight is 323 g/mol. The molecule has 1 N–H and O–H groups in total. The first-order valence-corrected chi connectivity index (χ1v) is 7.97. The lowest BCUT2D eigenvalue weighted by Gasteiger charge is -2.17. The van der Waals surface area contributed by atoms with Gasteiger partial charge in [-0.1, -0.05) is 41.5 Å². The molecular weight excluding hydrogens is 302 g/mol. The molecule has 0 aliphatic heterocycles.